The highest BCUT2D eigenvalue weighted by atomic mass is 16.5. The molecule has 0 aliphatic carbocycles. The maximum absolute atomic E-state index is 12.9. The Balaban J connectivity index is 1.68. The number of carbonyl (C=O) groups is 2. The summed E-state index contributed by atoms with van der Waals surface area (Å²) in [6.07, 6.45) is 1.69. The molecular weight excluding hydrogens is 434 g/mol. The number of rotatable bonds is 10. The summed E-state index contributed by atoms with van der Waals surface area (Å²) in [5, 5.41) is 2.74. The van der Waals surface area contributed by atoms with Crippen molar-refractivity contribution in [2.75, 3.05) is 27.9 Å². The topological polar surface area (TPSA) is 83.1 Å². The van der Waals surface area contributed by atoms with Crippen LogP contribution in [0.5, 0.6) is 17.2 Å². The molecular formula is C27H27NO6. The number of methoxy groups -OCH3 is 3. The van der Waals surface area contributed by atoms with Crippen LogP contribution in [0.1, 0.15) is 16.7 Å². The van der Waals surface area contributed by atoms with Crippen LogP contribution < -0.4 is 19.5 Å². The first-order chi connectivity index (χ1) is 16.5. The Morgan fingerprint density at radius 1 is 0.794 bits per heavy atom. The third kappa shape index (κ3) is 6.38. The average molecular weight is 462 g/mol. The Morgan fingerprint density at radius 2 is 1.47 bits per heavy atom. The molecule has 0 saturated carbocycles. The number of amides is 1. The van der Waals surface area contributed by atoms with Crippen molar-refractivity contribution in [2.45, 2.75) is 6.54 Å². The van der Waals surface area contributed by atoms with Gasteiger partial charge in [0, 0.05) is 12.1 Å². The Labute approximate surface area is 198 Å². The Kier molecular flexibility index (Phi) is 8.68. The number of esters is 1. The van der Waals surface area contributed by atoms with E-state index >= 15 is 0 Å². The van der Waals surface area contributed by atoms with Crippen LogP contribution in [0.3, 0.4) is 0 Å². The molecule has 0 aliphatic heterocycles. The second-order valence-electron chi connectivity index (χ2n) is 7.21. The summed E-state index contributed by atoms with van der Waals surface area (Å²) < 4.78 is 21.2. The standard InChI is InChI=1S/C27H27NO6/c1-31-23-12-8-7-11-21(23)16-22(20-9-5-4-6-10-20)27(30)34-18-26(29)28-17-19-13-14-24(32-2)25(15-19)33-3/h4-16H,17-18H2,1-3H3,(H,28,29)/b22-16+. The molecule has 0 radical (unpaired) electrons. The zero-order valence-electron chi connectivity index (χ0n) is 19.4. The van der Waals surface area contributed by atoms with E-state index in [0.717, 1.165) is 11.1 Å². The molecule has 0 unspecified atom stereocenters. The Hall–Kier alpha value is -4.26. The van der Waals surface area contributed by atoms with E-state index in [1.807, 2.05) is 42.5 Å². The summed E-state index contributed by atoms with van der Waals surface area (Å²) in [7, 11) is 4.66. The van der Waals surface area contributed by atoms with E-state index in [9.17, 15) is 9.59 Å². The van der Waals surface area contributed by atoms with Crippen LogP contribution >= 0.6 is 0 Å². The fourth-order valence-electron chi connectivity index (χ4n) is 3.27. The van der Waals surface area contributed by atoms with Gasteiger partial charge in [-0.3, -0.25) is 4.79 Å². The molecule has 0 saturated heterocycles. The van der Waals surface area contributed by atoms with Crippen LogP contribution in [0.2, 0.25) is 0 Å². The van der Waals surface area contributed by atoms with E-state index in [4.69, 9.17) is 18.9 Å². The third-order valence-corrected chi connectivity index (χ3v) is 5.02. The van der Waals surface area contributed by atoms with Crippen LogP contribution in [-0.4, -0.2) is 39.8 Å². The second-order valence-corrected chi connectivity index (χ2v) is 7.21. The summed E-state index contributed by atoms with van der Waals surface area (Å²) in [6, 6.07) is 21.8. The van der Waals surface area contributed by atoms with Gasteiger partial charge in [0.15, 0.2) is 18.1 Å². The molecule has 3 aromatic carbocycles. The SMILES string of the molecule is COc1ccccc1/C=C(/C(=O)OCC(=O)NCc1ccc(OC)c(OC)c1)c1ccccc1. The van der Waals surface area contributed by atoms with Crippen molar-refractivity contribution in [1.82, 2.24) is 5.32 Å². The second kappa shape index (κ2) is 12.1. The van der Waals surface area contributed by atoms with Gasteiger partial charge in [-0.25, -0.2) is 4.79 Å². The largest absolute Gasteiger partial charge is 0.496 e. The van der Waals surface area contributed by atoms with Crippen LogP contribution in [0.25, 0.3) is 11.6 Å². The van der Waals surface area contributed by atoms with E-state index in [1.165, 1.54) is 0 Å². The molecule has 0 heterocycles. The van der Waals surface area contributed by atoms with Crippen molar-refractivity contribution in [3.05, 3.63) is 89.5 Å². The number of ether oxygens (including phenoxy) is 4. The van der Waals surface area contributed by atoms with Crippen LogP contribution in [0, 0.1) is 0 Å². The predicted molar refractivity (Wildman–Crippen MR) is 130 cm³/mol. The van der Waals surface area contributed by atoms with Crippen molar-refractivity contribution in [1.29, 1.82) is 0 Å². The molecule has 1 amide bonds. The van der Waals surface area contributed by atoms with E-state index < -0.39 is 18.5 Å². The van der Waals surface area contributed by atoms with Crippen molar-refractivity contribution in [3.63, 3.8) is 0 Å². The molecule has 0 aliphatic rings. The minimum Gasteiger partial charge on any atom is -0.496 e. The lowest BCUT2D eigenvalue weighted by molar-refractivity contribution is -0.142. The predicted octanol–water partition coefficient (Wildman–Crippen LogP) is 4.11. The molecule has 3 aromatic rings. The highest BCUT2D eigenvalue weighted by Crippen LogP contribution is 2.28. The fourth-order valence-corrected chi connectivity index (χ4v) is 3.27. The zero-order chi connectivity index (χ0) is 24.3. The minimum atomic E-state index is -0.613. The number of benzene rings is 3. The maximum atomic E-state index is 12.9. The van der Waals surface area contributed by atoms with Crippen molar-refractivity contribution >= 4 is 23.5 Å². The van der Waals surface area contributed by atoms with Gasteiger partial charge < -0.3 is 24.3 Å². The zero-order valence-corrected chi connectivity index (χ0v) is 19.4. The minimum absolute atomic E-state index is 0.249. The van der Waals surface area contributed by atoms with Gasteiger partial charge in [0.1, 0.15) is 5.75 Å². The number of carbonyl (C=O) groups excluding carboxylic acids is 2. The van der Waals surface area contributed by atoms with Crippen molar-refractivity contribution < 1.29 is 28.5 Å². The monoisotopic (exact) mass is 461 g/mol. The van der Waals surface area contributed by atoms with E-state index in [1.54, 1.807) is 57.7 Å². The first kappa shape index (κ1) is 24.4. The van der Waals surface area contributed by atoms with Gasteiger partial charge in [0.2, 0.25) is 0 Å². The van der Waals surface area contributed by atoms with Gasteiger partial charge in [-0.2, -0.15) is 0 Å². The maximum Gasteiger partial charge on any atom is 0.339 e. The van der Waals surface area contributed by atoms with Gasteiger partial charge in [0.05, 0.1) is 26.9 Å². The number of hydrogen-bond donors (Lipinski definition) is 1. The first-order valence-corrected chi connectivity index (χ1v) is 10.6. The smallest absolute Gasteiger partial charge is 0.339 e. The number of hydrogen-bond acceptors (Lipinski definition) is 6. The molecule has 176 valence electrons. The molecule has 34 heavy (non-hydrogen) atoms. The lowest BCUT2D eigenvalue weighted by atomic mass is 10.0. The summed E-state index contributed by atoms with van der Waals surface area (Å²) in [5.74, 6) is 0.749. The summed E-state index contributed by atoms with van der Waals surface area (Å²) in [4.78, 5) is 25.3. The van der Waals surface area contributed by atoms with Crippen LogP contribution in [0.15, 0.2) is 72.8 Å². The van der Waals surface area contributed by atoms with E-state index in [0.29, 0.717) is 28.4 Å². The van der Waals surface area contributed by atoms with Gasteiger partial charge in [-0.15, -0.1) is 0 Å². The summed E-state index contributed by atoms with van der Waals surface area (Å²) >= 11 is 0. The van der Waals surface area contributed by atoms with Crippen molar-refractivity contribution in [3.8, 4) is 17.2 Å². The Bertz CT molecular complexity index is 1160. The lowest BCUT2D eigenvalue weighted by Crippen LogP contribution is -2.28. The number of para-hydroxylation sites is 1. The van der Waals surface area contributed by atoms with Crippen molar-refractivity contribution in [2.24, 2.45) is 0 Å². The van der Waals surface area contributed by atoms with Crippen LogP contribution in [0.4, 0.5) is 0 Å². The summed E-state index contributed by atoms with van der Waals surface area (Å²) in [5.41, 5.74) is 2.53. The molecule has 7 heteroatoms. The molecule has 1 N–H and O–H groups in total. The molecule has 0 bridgehead atoms. The normalized spacial score (nSPS) is 10.9. The van der Waals surface area contributed by atoms with Gasteiger partial charge in [0.25, 0.3) is 5.91 Å². The van der Waals surface area contributed by atoms with Gasteiger partial charge in [-0.1, -0.05) is 54.6 Å². The third-order valence-electron chi connectivity index (χ3n) is 5.02. The highest BCUT2D eigenvalue weighted by Gasteiger charge is 2.16. The first-order valence-electron chi connectivity index (χ1n) is 10.6. The van der Waals surface area contributed by atoms with E-state index in [2.05, 4.69) is 5.32 Å². The van der Waals surface area contributed by atoms with Gasteiger partial charge in [-0.05, 0) is 35.4 Å². The van der Waals surface area contributed by atoms with Gasteiger partial charge >= 0.3 is 5.97 Å². The lowest BCUT2D eigenvalue weighted by Gasteiger charge is -2.12. The molecule has 0 aromatic heterocycles. The fraction of sp³-hybridized carbons (Fsp3) is 0.185. The number of nitrogens with one attached hydrogen (secondary N) is 1. The highest BCUT2D eigenvalue weighted by molar-refractivity contribution is 6.22. The average Bonchev–Trinajstić information content (AvgIpc) is 2.89. The molecule has 0 spiro atoms. The molecule has 3 rings (SSSR count). The molecule has 0 atom stereocenters. The quantitative estimate of drug-likeness (QED) is 0.278. The van der Waals surface area contributed by atoms with Crippen LogP contribution in [-0.2, 0) is 20.9 Å². The van der Waals surface area contributed by atoms with E-state index in [-0.39, 0.29) is 6.54 Å². The summed E-state index contributed by atoms with van der Waals surface area (Å²) in [6.45, 7) is -0.165. The molecule has 7 nitrogen and oxygen atoms in total. The Morgan fingerprint density at radius 3 is 2.18 bits per heavy atom. The molecule has 0 fully saturated rings.